The molecule has 4 fully saturated rings. The van der Waals surface area contributed by atoms with Crippen LogP contribution in [-0.4, -0.2) is 60.3 Å². The molecule has 7 heteroatoms. The van der Waals surface area contributed by atoms with Crippen molar-refractivity contribution >= 4 is 5.97 Å². The lowest BCUT2D eigenvalue weighted by Gasteiger charge is -2.48. The number of aliphatic hydroxyl groups excluding tert-OH is 1. The first-order valence-corrected chi connectivity index (χ1v) is 16.6. The van der Waals surface area contributed by atoms with Gasteiger partial charge in [-0.1, -0.05) is 57.6 Å². The summed E-state index contributed by atoms with van der Waals surface area (Å²) in [5.74, 6) is -0.481. The van der Waals surface area contributed by atoms with Crippen molar-refractivity contribution in [1.82, 2.24) is 0 Å². The minimum absolute atomic E-state index is 0.0249. The first-order valence-electron chi connectivity index (χ1n) is 16.6. The monoisotopic (exact) mass is 564 g/mol. The smallest absolute Gasteiger partial charge is 0.303 e. The van der Waals surface area contributed by atoms with Gasteiger partial charge in [-0.25, -0.2) is 0 Å². The van der Waals surface area contributed by atoms with E-state index in [0.717, 1.165) is 83.8 Å². The average Bonchev–Trinajstić information content (AvgIpc) is 3.22. The molecule has 0 amide bonds. The summed E-state index contributed by atoms with van der Waals surface area (Å²) in [4.78, 5) is 10.9. The number of carbonyl (C=O) groups is 1. The Morgan fingerprint density at radius 1 is 0.975 bits per heavy atom. The summed E-state index contributed by atoms with van der Waals surface area (Å²) in [6.45, 7) is 3.80. The Bertz CT molecular complexity index is 754. The van der Waals surface area contributed by atoms with Crippen molar-refractivity contribution < 1.29 is 34.0 Å². The predicted octanol–water partition coefficient (Wildman–Crippen LogP) is 7.15. The van der Waals surface area contributed by atoms with Gasteiger partial charge < -0.3 is 29.2 Å². The second-order valence-corrected chi connectivity index (χ2v) is 12.9. The molecule has 7 nitrogen and oxygen atoms in total. The summed E-state index contributed by atoms with van der Waals surface area (Å²) >= 11 is 0. The molecule has 2 aliphatic heterocycles. The first kappa shape index (κ1) is 31.9. The molecule has 2 N–H and O–H groups in total. The first-order chi connectivity index (χ1) is 19.5. The Kier molecular flexibility index (Phi) is 13.2. The van der Waals surface area contributed by atoms with Gasteiger partial charge in [-0.2, -0.15) is 0 Å². The zero-order chi connectivity index (χ0) is 28.2. The van der Waals surface area contributed by atoms with Crippen LogP contribution in [0, 0.1) is 17.3 Å². The zero-order valence-electron chi connectivity index (χ0n) is 25.0. The summed E-state index contributed by atoms with van der Waals surface area (Å²) in [7, 11) is 0. The molecular formula is C33H56O7. The molecule has 230 valence electrons. The summed E-state index contributed by atoms with van der Waals surface area (Å²) in [5, 5.41) is 20.1. The molecule has 2 saturated carbocycles. The minimum Gasteiger partial charge on any atom is -0.481 e. The zero-order valence-corrected chi connectivity index (χ0v) is 25.0. The molecule has 0 aromatic rings. The van der Waals surface area contributed by atoms with Crippen molar-refractivity contribution in [3.63, 3.8) is 0 Å². The Balaban J connectivity index is 1.47. The van der Waals surface area contributed by atoms with E-state index >= 15 is 0 Å². The van der Waals surface area contributed by atoms with E-state index in [4.69, 9.17) is 24.1 Å². The molecule has 0 bridgehead atoms. The number of carboxylic acid groups (broad SMARTS) is 1. The van der Waals surface area contributed by atoms with Crippen molar-refractivity contribution in [2.75, 3.05) is 13.2 Å². The molecule has 0 radical (unpaired) electrons. The van der Waals surface area contributed by atoms with Gasteiger partial charge in [-0.05, 0) is 76.5 Å². The molecule has 2 heterocycles. The molecule has 7 atom stereocenters. The highest BCUT2D eigenvalue weighted by Gasteiger charge is 2.46. The number of aliphatic hydroxyl groups is 1. The molecule has 0 aromatic heterocycles. The SMILES string of the molecule is CCCCC1([C@@H](C=C[C@@H]2[C@@H](CCCCCCC(=O)O)[C@@H](O)C[C@H]2OC2CCCCO2)OC2CCCCO2)CCC1. The minimum atomic E-state index is -0.722. The number of carboxylic acids is 1. The van der Waals surface area contributed by atoms with Crippen LogP contribution in [0.4, 0.5) is 0 Å². The third-order valence-corrected chi connectivity index (χ3v) is 9.96. The number of rotatable bonds is 17. The third-order valence-electron chi connectivity index (χ3n) is 9.96. The fourth-order valence-corrected chi connectivity index (χ4v) is 7.36. The van der Waals surface area contributed by atoms with Crippen LogP contribution in [0.25, 0.3) is 0 Å². The van der Waals surface area contributed by atoms with Crippen molar-refractivity contribution in [3.05, 3.63) is 12.2 Å². The van der Waals surface area contributed by atoms with E-state index in [1.807, 2.05) is 0 Å². The maximum atomic E-state index is 11.2. The lowest BCUT2D eigenvalue weighted by atomic mass is 9.62. The normalized spacial score (nSPS) is 33.1. The van der Waals surface area contributed by atoms with Crippen LogP contribution in [0.5, 0.6) is 0 Å². The highest BCUT2D eigenvalue weighted by molar-refractivity contribution is 5.66. The second-order valence-electron chi connectivity index (χ2n) is 12.9. The van der Waals surface area contributed by atoms with Gasteiger partial charge in [0, 0.05) is 37.4 Å². The topological polar surface area (TPSA) is 94.5 Å². The van der Waals surface area contributed by atoms with E-state index in [1.54, 1.807) is 0 Å². The second kappa shape index (κ2) is 16.6. The van der Waals surface area contributed by atoms with Crippen LogP contribution in [0.2, 0.25) is 0 Å². The van der Waals surface area contributed by atoms with E-state index in [2.05, 4.69) is 19.1 Å². The highest BCUT2D eigenvalue weighted by atomic mass is 16.7. The average molecular weight is 565 g/mol. The van der Waals surface area contributed by atoms with Crippen LogP contribution in [0.1, 0.15) is 129 Å². The number of hydrogen-bond donors (Lipinski definition) is 2. The Morgan fingerprint density at radius 2 is 1.70 bits per heavy atom. The maximum Gasteiger partial charge on any atom is 0.303 e. The molecule has 2 saturated heterocycles. The molecule has 4 aliphatic rings. The van der Waals surface area contributed by atoms with Crippen molar-refractivity contribution in [3.8, 4) is 0 Å². The van der Waals surface area contributed by atoms with Crippen molar-refractivity contribution in [2.45, 2.75) is 160 Å². The Labute approximate surface area is 242 Å². The molecule has 0 aromatic carbocycles. The largest absolute Gasteiger partial charge is 0.481 e. The van der Waals surface area contributed by atoms with Gasteiger partial charge in [0.25, 0.3) is 0 Å². The Hall–Kier alpha value is -0.990. The fraction of sp³-hybridized carbons (Fsp3) is 0.909. The van der Waals surface area contributed by atoms with Crippen LogP contribution < -0.4 is 0 Å². The number of hydrogen-bond acceptors (Lipinski definition) is 6. The number of ether oxygens (including phenoxy) is 4. The molecule has 0 spiro atoms. The van der Waals surface area contributed by atoms with Gasteiger partial charge in [0.15, 0.2) is 12.6 Å². The predicted molar refractivity (Wildman–Crippen MR) is 155 cm³/mol. The number of unbranched alkanes of at least 4 members (excludes halogenated alkanes) is 4. The maximum absolute atomic E-state index is 11.2. The van der Waals surface area contributed by atoms with Crippen LogP contribution in [0.3, 0.4) is 0 Å². The summed E-state index contributed by atoms with van der Waals surface area (Å²) in [6, 6.07) is 0. The molecule has 4 rings (SSSR count). The quantitative estimate of drug-likeness (QED) is 0.143. The fourth-order valence-electron chi connectivity index (χ4n) is 7.36. The van der Waals surface area contributed by atoms with Crippen LogP contribution in [-0.2, 0) is 23.7 Å². The van der Waals surface area contributed by atoms with Gasteiger partial charge >= 0.3 is 5.97 Å². The van der Waals surface area contributed by atoms with E-state index < -0.39 is 12.1 Å². The number of aliphatic carboxylic acids is 1. The molecule has 2 aliphatic carbocycles. The summed E-state index contributed by atoms with van der Waals surface area (Å²) in [6.07, 6.45) is 23.0. The lowest BCUT2D eigenvalue weighted by molar-refractivity contribution is -0.211. The lowest BCUT2D eigenvalue weighted by Crippen LogP contribution is -2.44. The van der Waals surface area contributed by atoms with Gasteiger partial charge in [-0.3, -0.25) is 4.79 Å². The van der Waals surface area contributed by atoms with Gasteiger partial charge in [0.1, 0.15) is 0 Å². The van der Waals surface area contributed by atoms with Crippen LogP contribution in [0.15, 0.2) is 12.2 Å². The summed E-state index contributed by atoms with van der Waals surface area (Å²) in [5.41, 5.74) is 0.188. The Morgan fingerprint density at radius 3 is 2.33 bits per heavy atom. The third kappa shape index (κ3) is 9.26. The van der Waals surface area contributed by atoms with Crippen LogP contribution >= 0.6 is 0 Å². The van der Waals surface area contributed by atoms with E-state index in [1.165, 1.54) is 38.5 Å². The van der Waals surface area contributed by atoms with E-state index in [9.17, 15) is 9.90 Å². The van der Waals surface area contributed by atoms with E-state index in [0.29, 0.717) is 6.42 Å². The van der Waals surface area contributed by atoms with E-state index in [-0.39, 0.29) is 48.5 Å². The molecular weight excluding hydrogens is 508 g/mol. The molecule has 2 unspecified atom stereocenters. The van der Waals surface area contributed by atoms with Gasteiger partial charge in [0.05, 0.1) is 18.3 Å². The van der Waals surface area contributed by atoms with Crippen molar-refractivity contribution in [2.24, 2.45) is 17.3 Å². The molecule has 40 heavy (non-hydrogen) atoms. The highest BCUT2D eigenvalue weighted by Crippen LogP contribution is 2.50. The van der Waals surface area contributed by atoms with Gasteiger partial charge in [0.2, 0.25) is 0 Å². The van der Waals surface area contributed by atoms with Crippen molar-refractivity contribution in [1.29, 1.82) is 0 Å². The summed E-state index contributed by atoms with van der Waals surface area (Å²) < 4.78 is 25.3. The standard InChI is InChI=1S/C33H56O7/c1-2-3-19-33(20-12-21-33)29(40-32-16-9-11-23-38-32)18-17-26-25(13-6-4-5-7-14-30(35)36)27(34)24-28(26)39-31-15-8-10-22-37-31/h17-18,25-29,31-32,34H,2-16,19-24H2,1H3,(H,35,36)/t25-,26-,27+,28-,29-,31?,32?/m1/s1. The van der Waals surface area contributed by atoms with Gasteiger partial charge in [-0.15, -0.1) is 0 Å².